The van der Waals surface area contributed by atoms with Gasteiger partial charge in [0.05, 0.1) is 39.3 Å². The number of piperidine rings is 2. The Morgan fingerprint density at radius 3 is 1.12 bits per heavy atom. The van der Waals surface area contributed by atoms with Crippen molar-refractivity contribution in [1.29, 1.82) is 0 Å². The van der Waals surface area contributed by atoms with Gasteiger partial charge in [0.15, 0.2) is 0 Å². The molecule has 0 aromatic carbocycles. The molecule has 0 bridgehead atoms. The molecule has 1 aliphatic carbocycles. The Kier molecular flexibility index (Phi) is 7.80. The third-order valence-corrected chi connectivity index (χ3v) is 7.91. The molecule has 2 heterocycles. The third-order valence-electron chi connectivity index (χ3n) is 7.91. The molecule has 3 aliphatic rings. The molecule has 3 rings (SSSR count). The van der Waals surface area contributed by atoms with E-state index in [2.05, 4.69) is 38.0 Å². The van der Waals surface area contributed by atoms with E-state index in [4.69, 9.17) is 0 Å². The van der Waals surface area contributed by atoms with E-state index in [1.54, 1.807) is 0 Å². The summed E-state index contributed by atoms with van der Waals surface area (Å²) in [4.78, 5) is 8.68. The van der Waals surface area contributed by atoms with Gasteiger partial charge in [-0.3, -0.25) is 0 Å². The van der Waals surface area contributed by atoms with E-state index in [0.29, 0.717) is 0 Å². The Morgan fingerprint density at radius 1 is 0.538 bits per heavy atom. The van der Waals surface area contributed by atoms with E-state index >= 15 is 0 Å². The van der Waals surface area contributed by atoms with Crippen LogP contribution in [0.2, 0.25) is 0 Å². The van der Waals surface area contributed by atoms with E-state index < -0.39 is 0 Å². The highest BCUT2D eigenvalue weighted by molar-refractivity contribution is 4.74. The van der Waals surface area contributed by atoms with Gasteiger partial charge >= 0.3 is 0 Å². The van der Waals surface area contributed by atoms with Gasteiger partial charge in [-0.2, -0.15) is 0 Å². The molecule has 4 nitrogen and oxygen atoms in total. The molecule has 0 unspecified atom stereocenters. The van der Waals surface area contributed by atoms with Crippen LogP contribution in [0.25, 0.3) is 0 Å². The zero-order chi connectivity index (χ0) is 18.5. The highest BCUT2D eigenvalue weighted by atomic mass is 15.2. The SMILES string of the molecule is CN(C)C1CC[NH+](CC2CCC(C[NH+]3CCC(N(C)C)CC3)CC2)CC1. The topological polar surface area (TPSA) is 15.4 Å². The second kappa shape index (κ2) is 9.86. The molecule has 2 aliphatic heterocycles. The first-order chi connectivity index (χ1) is 12.5. The Hall–Kier alpha value is -0.160. The molecule has 2 N–H and O–H groups in total. The van der Waals surface area contributed by atoms with Crippen molar-refractivity contribution in [3.63, 3.8) is 0 Å². The zero-order valence-corrected chi connectivity index (χ0v) is 18.1. The van der Waals surface area contributed by atoms with Crippen molar-refractivity contribution in [3.8, 4) is 0 Å². The van der Waals surface area contributed by atoms with Crippen molar-refractivity contribution < 1.29 is 9.80 Å². The van der Waals surface area contributed by atoms with Crippen LogP contribution < -0.4 is 9.80 Å². The van der Waals surface area contributed by atoms with Crippen molar-refractivity contribution >= 4 is 0 Å². The van der Waals surface area contributed by atoms with Gasteiger partial charge in [0.25, 0.3) is 0 Å². The van der Waals surface area contributed by atoms with Crippen LogP contribution in [-0.4, -0.2) is 89.3 Å². The normalized spacial score (nSPS) is 39.5. The summed E-state index contributed by atoms with van der Waals surface area (Å²) in [6, 6.07) is 1.68. The minimum atomic E-state index is 0.842. The number of hydrogen-bond acceptors (Lipinski definition) is 2. The predicted molar refractivity (Wildman–Crippen MR) is 110 cm³/mol. The van der Waals surface area contributed by atoms with Crippen molar-refractivity contribution in [3.05, 3.63) is 0 Å². The first kappa shape index (κ1) is 20.6. The van der Waals surface area contributed by atoms with E-state index in [0.717, 1.165) is 23.9 Å². The summed E-state index contributed by atoms with van der Waals surface area (Å²) in [7, 11) is 9.01. The summed E-state index contributed by atoms with van der Waals surface area (Å²) in [5.74, 6) is 2.04. The summed E-state index contributed by atoms with van der Waals surface area (Å²) in [6.07, 6.45) is 11.7. The second-order valence-electron chi connectivity index (χ2n) is 10.2. The Labute approximate surface area is 162 Å². The van der Waals surface area contributed by atoms with Gasteiger partial charge in [-0.25, -0.2) is 0 Å². The summed E-state index contributed by atoms with van der Waals surface area (Å²) >= 11 is 0. The minimum absolute atomic E-state index is 0.842. The Balaban J connectivity index is 1.30. The average Bonchev–Trinajstić information content (AvgIpc) is 2.64. The Bertz CT molecular complexity index is 349. The zero-order valence-electron chi connectivity index (χ0n) is 18.1. The van der Waals surface area contributed by atoms with Crippen LogP contribution in [0.1, 0.15) is 51.4 Å². The van der Waals surface area contributed by atoms with Gasteiger partial charge in [0.1, 0.15) is 0 Å². The van der Waals surface area contributed by atoms with E-state index in [-0.39, 0.29) is 0 Å². The van der Waals surface area contributed by atoms with Crippen LogP contribution in [-0.2, 0) is 0 Å². The summed E-state index contributed by atoms with van der Waals surface area (Å²) < 4.78 is 0. The average molecular weight is 367 g/mol. The highest BCUT2D eigenvalue weighted by Gasteiger charge is 2.31. The molecule has 0 spiro atoms. The van der Waals surface area contributed by atoms with Gasteiger partial charge in [-0.05, 0) is 53.9 Å². The Morgan fingerprint density at radius 2 is 0.846 bits per heavy atom. The lowest BCUT2D eigenvalue weighted by molar-refractivity contribution is -0.911. The number of likely N-dealkylation sites (tertiary alicyclic amines) is 2. The van der Waals surface area contributed by atoms with Gasteiger partial charge in [-0.15, -0.1) is 0 Å². The first-order valence-corrected chi connectivity index (χ1v) is 11.5. The number of nitrogens with one attached hydrogen (secondary N) is 2. The molecule has 4 heteroatoms. The summed E-state index contributed by atoms with van der Waals surface area (Å²) in [6.45, 7) is 8.57. The molecule has 2 saturated heterocycles. The van der Waals surface area contributed by atoms with Gasteiger partial charge in [0, 0.05) is 49.6 Å². The summed E-state index contributed by atoms with van der Waals surface area (Å²) in [5.41, 5.74) is 0. The molecule has 0 atom stereocenters. The van der Waals surface area contributed by atoms with Gasteiger partial charge < -0.3 is 19.6 Å². The standard InChI is InChI=1S/C22H44N4/c1-23(2)21-9-13-25(14-10-21)17-19-5-7-20(8-6-19)18-26-15-11-22(12-16-26)24(3)4/h19-22H,5-18H2,1-4H3/p+2. The quantitative estimate of drug-likeness (QED) is 0.689. The number of rotatable bonds is 6. The maximum Gasteiger partial charge on any atom is 0.0799 e. The lowest BCUT2D eigenvalue weighted by Crippen LogP contribution is -3.14. The van der Waals surface area contributed by atoms with Crippen LogP contribution in [0.4, 0.5) is 0 Å². The van der Waals surface area contributed by atoms with Crippen LogP contribution in [0.3, 0.4) is 0 Å². The molecule has 3 fully saturated rings. The monoisotopic (exact) mass is 366 g/mol. The minimum Gasteiger partial charge on any atom is -0.335 e. The van der Waals surface area contributed by atoms with Crippen molar-refractivity contribution in [2.24, 2.45) is 11.8 Å². The van der Waals surface area contributed by atoms with Crippen LogP contribution >= 0.6 is 0 Å². The van der Waals surface area contributed by atoms with Gasteiger partial charge in [0.2, 0.25) is 0 Å². The third kappa shape index (κ3) is 5.92. The first-order valence-electron chi connectivity index (χ1n) is 11.5. The number of quaternary nitrogens is 2. The number of hydrogen-bond donors (Lipinski definition) is 2. The predicted octanol–water partition coefficient (Wildman–Crippen LogP) is 0.0106. The summed E-state index contributed by atoms with van der Waals surface area (Å²) in [5, 5.41) is 0. The van der Waals surface area contributed by atoms with E-state index in [1.165, 1.54) is 90.6 Å². The molecule has 26 heavy (non-hydrogen) atoms. The molecule has 0 aromatic rings. The fraction of sp³-hybridized carbons (Fsp3) is 1.00. The largest absolute Gasteiger partial charge is 0.335 e. The highest BCUT2D eigenvalue weighted by Crippen LogP contribution is 2.27. The molecule has 0 aromatic heterocycles. The fourth-order valence-electron chi connectivity index (χ4n) is 5.92. The fourth-order valence-corrected chi connectivity index (χ4v) is 5.92. The van der Waals surface area contributed by atoms with E-state index in [1.807, 2.05) is 9.80 Å². The van der Waals surface area contributed by atoms with Crippen LogP contribution in [0.5, 0.6) is 0 Å². The van der Waals surface area contributed by atoms with Crippen molar-refractivity contribution in [2.75, 3.05) is 67.5 Å². The molecular weight excluding hydrogens is 320 g/mol. The van der Waals surface area contributed by atoms with Gasteiger partial charge in [-0.1, -0.05) is 0 Å². The maximum absolute atomic E-state index is 2.44. The molecule has 0 amide bonds. The molecule has 152 valence electrons. The van der Waals surface area contributed by atoms with Crippen molar-refractivity contribution in [1.82, 2.24) is 9.80 Å². The van der Waals surface area contributed by atoms with E-state index in [9.17, 15) is 0 Å². The molecular formula is C22H46N4+2. The van der Waals surface area contributed by atoms with Crippen molar-refractivity contribution in [2.45, 2.75) is 63.5 Å². The lowest BCUT2D eigenvalue weighted by Gasteiger charge is -2.37. The smallest absolute Gasteiger partial charge is 0.0799 e. The number of nitrogens with zero attached hydrogens (tertiary/aromatic N) is 2. The lowest BCUT2D eigenvalue weighted by atomic mass is 9.81. The maximum atomic E-state index is 2.44. The van der Waals surface area contributed by atoms with Crippen LogP contribution in [0, 0.1) is 11.8 Å². The van der Waals surface area contributed by atoms with Crippen LogP contribution in [0.15, 0.2) is 0 Å². The second-order valence-corrected chi connectivity index (χ2v) is 10.2. The molecule has 0 radical (unpaired) electrons. The molecule has 1 saturated carbocycles.